The Hall–Kier alpha value is -1.13. The molecule has 0 aromatic heterocycles. The fourth-order valence-corrected chi connectivity index (χ4v) is 2.36. The molecule has 3 nitrogen and oxygen atoms in total. The van der Waals surface area contributed by atoms with Crippen LogP contribution in [0, 0.1) is 11.7 Å². The van der Waals surface area contributed by atoms with E-state index in [1.165, 1.54) is 18.2 Å². The summed E-state index contributed by atoms with van der Waals surface area (Å²) in [6, 6.07) is 4.08. The monoisotopic (exact) mass is 270 g/mol. The number of piperidine rings is 1. The first-order chi connectivity index (χ1) is 8.61. The van der Waals surface area contributed by atoms with E-state index in [0.29, 0.717) is 31.1 Å². The van der Waals surface area contributed by atoms with Crippen molar-refractivity contribution in [1.82, 2.24) is 4.90 Å². The van der Waals surface area contributed by atoms with Gasteiger partial charge in [-0.2, -0.15) is 0 Å². The van der Waals surface area contributed by atoms with Crippen LogP contribution in [-0.2, 0) is 0 Å². The maximum Gasteiger partial charge on any atom is 0.253 e. The van der Waals surface area contributed by atoms with E-state index in [0.717, 1.165) is 12.8 Å². The zero-order chi connectivity index (χ0) is 13.1. The van der Waals surface area contributed by atoms with Crippen molar-refractivity contribution in [1.29, 1.82) is 0 Å². The molecule has 1 aliphatic heterocycles. The topological polar surface area (TPSA) is 46.3 Å². The zero-order valence-corrected chi connectivity index (χ0v) is 10.8. The molecule has 0 atom stereocenters. The van der Waals surface area contributed by atoms with E-state index < -0.39 is 5.82 Å². The summed E-state index contributed by atoms with van der Waals surface area (Å²) in [6.45, 7) is 2.08. The Morgan fingerprint density at radius 2 is 2.11 bits per heavy atom. The molecule has 1 heterocycles. The van der Waals surface area contributed by atoms with Crippen molar-refractivity contribution in [3.63, 3.8) is 0 Å². The molecular formula is C13H16ClFN2O. The molecule has 2 rings (SSSR count). The molecule has 0 aliphatic carbocycles. The molecule has 0 unspecified atom stereocenters. The van der Waals surface area contributed by atoms with Crippen LogP contribution in [0.3, 0.4) is 0 Å². The number of nitrogens with two attached hydrogens (primary N) is 1. The lowest BCUT2D eigenvalue weighted by atomic mass is 9.96. The predicted molar refractivity (Wildman–Crippen MR) is 69.1 cm³/mol. The number of benzene rings is 1. The van der Waals surface area contributed by atoms with E-state index >= 15 is 0 Å². The zero-order valence-electron chi connectivity index (χ0n) is 10.0. The van der Waals surface area contributed by atoms with Gasteiger partial charge in [-0.1, -0.05) is 11.6 Å². The molecule has 1 aliphatic rings. The van der Waals surface area contributed by atoms with Gasteiger partial charge >= 0.3 is 0 Å². The molecule has 1 saturated heterocycles. The highest BCUT2D eigenvalue weighted by Crippen LogP contribution is 2.21. The Morgan fingerprint density at radius 1 is 1.44 bits per heavy atom. The largest absolute Gasteiger partial charge is 0.339 e. The highest BCUT2D eigenvalue weighted by molar-refractivity contribution is 6.31. The fraction of sp³-hybridized carbons (Fsp3) is 0.462. The van der Waals surface area contributed by atoms with Crippen molar-refractivity contribution in [2.75, 3.05) is 19.6 Å². The van der Waals surface area contributed by atoms with Crippen molar-refractivity contribution in [3.8, 4) is 0 Å². The first-order valence-corrected chi connectivity index (χ1v) is 6.44. The molecule has 0 saturated carbocycles. The number of carbonyl (C=O) groups is 1. The Bertz CT molecular complexity index is 445. The smallest absolute Gasteiger partial charge is 0.253 e. The molecule has 2 N–H and O–H groups in total. The van der Waals surface area contributed by atoms with Crippen LogP contribution >= 0.6 is 11.6 Å². The van der Waals surface area contributed by atoms with Crippen LogP contribution in [0.25, 0.3) is 0 Å². The second-order valence-corrected chi connectivity index (χ2v) is 5.01. The maximum atomic E-state index is 13.0. The molecule has 1 amide bonds. The van der Waals surface area contributed by atoms with Gasteiger partial charge < -0.3 is 10.6 Å². The summed E-state index contributed by atoms with van der Waals surface area (Å²) in [5, 5.41) is -0.0160. The second-order valence-electron chi connectivity index (χ2n) is 4.60. The minimum atomic E-state index is -0.505. The summed E-state index contributed by atoms with van der Waals surface area (Å²) in [5.74, 6) is -0.0896. The molecule has 1 fully saturated rings. The van der Waals surface area contributed by atoms with Gasteiger partial charge in [0.25, 0.3) is 5.91 Å². The van der Waals surface area contributed by atoms with Crippen molar-refractivity contribution in [3.05, 3.63) is 34.6 Å². The number of amides is 1. The number of hydrogen-bond acceptors (Lipinski definition) is 2. The molecule has 1 aromatic rings. The second kappa shape index (κ2) is 5.67. The van der Waals surface area contributed by atoms with Crippen molar-refractivity contribution < 1.29 is 9.18 Å². The first kappa shape index (κ1) is 13.3. The summed E-state index contributed by atoms with van der Waals surface area (Å²) in [4.78, 5) is 13.9. The summed E-state index contributed by atoms with van der Waals surface area (Å²) < 4.78 is 13.0. The SMILES string of the molecule is NCC1CCN(C(=O)c2ccc(F)c(Cl)c2)CC1. The number of hydrogen-bond donors (Lipinski definition) is 1. The van der Waals surface area contributed by atoms with Gasteiger partial charge in [-0.25, -0.2) is 4.39 Å². The standard InChI is InChI=1S/C13H16ClFN2O/c14-11-7-10(1-2-12(11)15)13(18)17-5-3-9(8-16)4-6-17/h1-2,7,9H,3-6,8,16H2. The molecular weight excluding hydrogens is 255 g/mol. The number of rotatable bonds is 2. The van der Waals surface area contributed by atoms with E-state index in [2.05, 4.69) is 0 Å². The Kier molecular flexibility index (Phi) is 4.19. The summed E-state index contributed by atoms with van der Waals surface area (Å²) in [6.07, 6.45) is 1.86. The van der Waals surface area contributed by atoms with Crippen LogP contribution in [0.2, 0.25) is 5.02 Å². The van der Waals surface area contributed by atoms with E-state index in [1.54, 1.807) is 4.90 Å². The summed E-state index contributed by atoms with van der Waals surface area (Å²) >= 11 is 5.68. The first-order valence-electron chi connectivity index (χ1n) is 6.06. The van der Waals surface area contributed by atoms with Gasteiger partial charge in [0.2, 0.25) is 0 Å². The van der Waals surface area contributed by atoms with Crippen LogP contribution in [0.5, 0.6) is 0 Å². The minimum Gasteiger partial charge on any atom is -0.339 e. The normalized spacial score (nSPS) is 16.9. The Labute approximate surface area is 111 Å². The number of halogens is 2. The fourth-order valence-electron chi connectivity index (χ4n) is 2.18. The Balaban J connectivity index is 2.05. The quantitative estimate of drug-likeness (QED) is 0.896. The molecule has 5 heteroatoms. The molecule has 1 aromatic carbocycles. The van der Waals surface area contributed by atoms with Crippen LogP contribution in [-0.4, -0.2) is 30.4 Å². The third kappa shape index (κ3) is 2.82. The highest BCUT2D eigenvalue weighted by atomic mass is 35.5. The summed E-state index contributed by atoms with van der Waals surface area (Å²) in [7, 11) is 0. The van der Waals surface area contributed by atoms with Crippen molar-refractivity contribution in [2.24, 2.45) is 11.7 Å². The van der Waals surface area contributed by atoms with E-state index in [9.17, 15) is 9.18 Å². The maximum absolute atomic E-state index is 13.0. The average Bonchev–Trinajstić information content (AvgIpc) is 2.41. The average molecular weight is 271 g/mol. The number of likely N-dealkylation sites (tertiary alicyclic amines) is 1. The van der Waals surface area contributed by atoms with E-state index in [4.69, 9.17) is 17.3 Å². The van der Waals surface area contributed by atoms with Crippen LogP contribution in [0.1, 0.15) is 23.2 Å². The summed E-state index contributed by atoms with van der Waals surface area (Å²) in [5.41, 5.74) is 6.05. The molecule has 0 bridgehead atoms. The molecule has 0 radical (unpaired) electrons. The lowest BCUT2D eigenvalue weighted by Crippen LogP contribution is -2.40. The van der Waals surface area contributed by atoms with Gasteiger partial charge in [0.05, 0.1) is 5.02 Å². The van der Waals surface area contributed by atoms with Gasteiger partial charge in [-0.3, -0.25) is 4.79 Å². The Morgan fingerprint density at radius 3 is 2.67 bits per heavy atom. The third-order valence-electron chi connectivity index (χ3n) is 3.40. The van der Waals surface area contributed by atoms with E-state index in [-0.39, 0.29) is 10.9 Å². The molecule has 0 spiro atoms. The van der Waals surface area contributed by atoms with Gasteiger partial charge in [0, 0.05) is 18.7 Å². The van der Waals surface area contributed by atoms with Gasteiger partial charge in [0.15, 0.2) is 0 Å². The van der Waals surface area contributed by atoms with Crippen molar-refractivity contribution >= 4 is 17.5 Å². The lowest BCUT2D eigenvalue weighted by molar-refractivity contribution is 0.0693. The third-order valence-corrected chi connectivity index (χ3v) is 3.69. The highest BCUT2D eigenvalue weighted by Gasteiger charge is 2.23. The van der Waals surface area contributed by atoms with Crippen LogP contribution < -0.4 is 5.73 Å². The van der Waals surface area contributed by atoms with Gasteiger partial charge in [-0.15, -0.1) is 0 Å². The number of carbonyl (C=O) groups excluding carboxylic acids is 1. The van der Waals surface area contributed by atoms with Gasteiger partial charge in [0.1, 0.15) is 5.82 Å². The van der Waals surface area contributed by atoms with Crippen LogP contribution in [0.15, 0.2) is 18.2 Å². The molecule has 98 valence electrons. The van der Waals surface area contributed by atoms with Gasteiger partial charge in [-0.05, 0) is 43.5 Å². The van der Waals surface area contributed by atoms with Crippen molar-refractivity contribution in [2.45, 2.75) is 12.8 Å². The number of nitrogens with zero attached hydrogens (tertiary/aromatic N) is 1. The lowest BCUT2D eigenvalue weighted by Gasteiger charge is -2.31. The van der Waals surface area contributed by atoms with E-state index in [1.807, 2.05) is 0 Å². The van der Waals surface area contributed by atoms with Crippen LogP contribution in [0.4, 0.5) is 4.39 Å². The minimum absolute atomic E-state index is 0.0160. The predicted octanol–water partition coefficient (Wildman–Crippen LogP) is 2.29. The molecule has 18 heavy (non-hydrogen) atoms.